The van der Waals surface area contributed by atoms with Gasteiger partial charge in [0.15, 0.2) is 5.78 Å². The molecule has 15 heavy (non-hydrogen) atoms. The number of hydrogen-bond acceptors (Lipinski definition) is 2. The van der Waals surface area contributed by atoms with Crippen LogP contribution in [0, 0.1) is 0 Å². The molecule has 0 unspecified atom stereocenters. The number of primary amides is 1. The Labute approximate surface area is 92.5 Å². The van der Waals surface area contributed by atoms with Gasteiger partial charge in [0.1, 0.15) is 0 Å². The summed E-state index contributed by atoms with van der Waals surface area (Å²) in [5.74, 6) is -0.861. The van der Waals surface area contributed by atoms with Crippen LogP contribution in [0.1, 0.15) is 17.3 Å². The lowest BCUT2D eigenvalue weighted by molar-refractivity contribution is -0.114. The Hall–Kier alpha value is -1.61. The third-order valence-electron chi connectivity index (χ3n) is 1.86. The molecule has 0 spiro atoms. The molecule has 1 rings (SSSR count). The van der Waals surface area contributed by atoms with Gasteiger partial charge in [-0.3, -0.25) is 9.59 Å². The molecule has 0 aliphatic heterocycles. The standard InChI is InChI=1S/C11H10ClNO2/c1-7(11(13)15)6-10(14)8-2-4-9(12)5-3-8/h2-6H,1H3,(H2,13,15)/b7-6+. The predicted octanol–water partition coefficient (Wildman–Crippen LogP) is 1.95. The van der Waals surface area contributed by atoms with Crippen molar-refractivity contribution in [1.82, 2.24) is 0 Å². The molecule has 0 fully saturated rings. The molecule has 3 nitrogen and oxygen atoms in total. The van der Waals surface area contributed by atoms with Gasteiger partial charge in [0.2, 0.25) is 5.91 Å². The van der Waals surface area contributed by atoms with Crippen molar-refractivity contribution in [2.45, 2.75) is 6.92 Å². The summed E-state index contributed by atoms with van der Waals surface area (Å²) in [6.45, 7) is 1.50. The van der Waals surface area contributed by atoms with Gasteiger partial charge in [-0.1, -0.05) is 11.6 Å². The first-order valence-electron chi connectivity index (χ1n) is 4.28. The van der Waals surface area contributed by atoms with Crippen LogP contribution in [0.15, 0.2) is 35.9 Å². The van der Waals surface area contributed by atoms with E-state index in [0.717, 1.165) is 0 Å². The number of ketones is 1. The third kappa shape index (κ3) is 3.22. The average molecular weight is 224 g/mol. The minimum Gasteiger partial charge on any atom is -0.366 e. The van der Waals surface area contributed by atoms with E-state index in [-0.39, 0.29) is 11.4 Å². The van der Waals surface area contributed by atoms with Crippen LogP contribution in [0.25, 0.3) is 0 Å². The minimum absolute atomic E-state index is 0.231. The van der Waals surface area contributed by atoms with Crippen LogP contribution in [0.5, 0.6) is 0 Å². The number of carbonyl (C=O) groups is 2. The molecule has 0 saturated carbocycles. The van der Waals surface area contributed by atoms with Crippen molar-refractivity contribution in [2.75, 3.05) is 0 Å². The average Bonchev–Trinajstić information content (AvgIpc) is 2.18. The number of allylic oxidation sites excluding steroid dienone is 1. The molecule has 1 amide bonds. The first kappa shape index (κ1) is 11.5. The van der Waals surface area contributed by atoms with Crippen molar-refractivity contribution in [1.29, 1.82) is 0 Å². The molecule has 0 radical (unpaired) electrons. The quantitative estimate of drug-likeness (QED) is 0.629. The lowest BCUT2D eigenvalue weighted by Gasteiger charge is -1.97. The number of amides is 1. The maximum Gasteiger partial charge on any atom is 0.244 e. The van der Waals surface area contributed by atoms with E-state index >= 15 is 0 Å². The molecule has 0 heterocycles. The first-order chi connectivity index (χ1) is 7.00. The van der Waals surface area contributed by atoms with E-state index in [2.05, 4.69) is 0 Å². The number of nitrogens with two attached hydrogens (primary N) is 1. The van der Waals surface area contributed by atoms with E-state index in [0.29, 0.717) is 10.6 Å². The summed E-state index contributed by atoms with van der Waals surface area (Å²) in [6, 6.07) is 6.41. The maximum atomic E-state index is 11.5. The van der Waals surface area contributed by atoms with Gasteiger partial charge in [0.25, 0.3) is 0 Å². The highest BCUT2D eigenvalue weighted by molar-refractivity contribution is 6.30. The Kier molecular flexibility index (Phi) is 3.63. The van der Waals surface area contributed by atoms with Crippen LogP contribution >= 0.6 is 11.6 Å². The lowest BCUT2D eigenvalue weighted by atomic mass is 10.1. The summed E-state index contributed by atoms with van der Waals surface area (Å²) in [5.41, 5.74) is 5.71. The summed E-state index contributed by atoms with van der Waals surface area (Å²) in [4.78, 5) is 22.2. The Bertz CT molecular complexity index is 421. The molecule has 0 bridgehead atoms. The fourth-order valence-corrected chi connectivity index (χ4v) is 1.09. The van der Waals surface area contributed by atoms with E-state index in [9.17, 15) is 9.59 Å². The topological polar surface area (TPSA) is 60.2 Å². The number of benzene rings is 1. The first-order valence-corrected chi connectivity index (χ1v) is 4.66. The van der Waals surface area contributed by atoms with Crippen molar-refractivity contribution >= 4 is 23.3 Å². The zero-order valence-corrected chi connectivity index (χ0v) is 8.91. The summed E-state index contributed by atoms with van der Waals surface area (Å²) in [7, 11) is 0. The van der Waals surface area contributed by atoms with Crippen LogP contribution in [-0.4, -0.2) is 11.7 Å². The lowest BCUT2D eigenvalue weighted by Crippen LogP contribution is -2.13. The summed E-state index contributed by atoms with van der Waals surface area (Å²) < 4.78 is 0. The largest absolute Gasteiger partial charge is 0.366 e. The van der Waals surface area contributed by atoms with Gasteiger partial charge in [-0.15, -0.1) is 0 Å². The molecule has 0 saturated heterocycles. The molecule has 1 aromatic rings. The molecule has 2 N–H and O–H groups in total. The van der Waals surface area contributed by atoms with Gasteiger partial charge in [0, 0.05) is 16.2 Å². The van der Waals surface area contributed by atoms with Crippen LogP contribution in [0.3, 0.4) is 0 Å². The van der Waals surface area contributed by atoms with Crippen molar-refractivity contribution in [3.63, 3.8) is 0 Å². The summed E-state index contributed by atoms with van der Waals surface area (Å²) in [5, 5.41) is 0.558. The monoisotopic (exact) mass is 223 g/mol. The second kappa shape index (κ2) is 4.75. The van der Waals surface area contributed by atoms with E-state index in [1.165, 1.54) is 13.0 Å². The Morgan fingerprint density at radius 1 is 1.27 bits per heavy atom. The van der Waals surface area contributed by atoms with E-state index in [1.807, 2.05) is 0 Å². The maximum absolute atomic E-state index is 11.5. The van der Waals surface area contributed by atoms with Crippen LogP contribution in [-0.2, 0) is 4.79 Å². The van der Waals surface area contributed by atoms with Crippen molar-refractivity contribution in [2.24, 2.45) is 5.73 Å². The van der Waals surface area contributed by atoms with Gasteiger partial charge >= 0.3 is 0 Å². The van der Waals surface area contributed by atoms with Gasteiger partial charge in [-0.2, -0.15) is 0 Å². The Morgan fingerprint density at radius 3 is 2.27 bits per heavy atom. The molecular formula is C11H10ClNO2. The van der Waals surface area contributed by atoms with E-state index in [4.69, 9.17) is 17.3 Å². The van der Waals surface area contributed by atoms with Gasteiger partial charge < -0.3 is 5.73 Å². The number of hydrogen-bond donors (Lipinski definition) is 1. The van der Waals surface area contributed by atoms with Crippen LogP contribution in [0.4, 0.5) is 0 Å². The van der Waals surface area contributed by atoms with Crippen molar-refractivity contribution in [3.8, 4) is 0 Å². The van der Waals surface area contributed by atoms with Crippen molar-refractivity contribution < 1.29 is 9.59 Å². The Morgan fingerprint density at radius 2 is 1.80 bits per heavy atom. The highest BCUT2D eigenvalue weighted by atomic mass is 35.5. The number of carbonyl (C=O) groups excluding carboxylic acids is 2. The minimum atomic E-state index is -0.600. The molecular weight excluding hydrogens is 214 g/mol. The fraction of sp³-hybridized carbons (Fsp3) is 0.0909. The summed E-state index contributed by atoms with van der Waals surface area (Å²) >= 11 is 5.67. The van der Waals surface area contributed by atoms with Crippen molar-refractivity contribution in [3.05, 3.63) is 46.5 Å². The molecule has 0 atom stereocenters. The second-order valence-electron chi connectivity index (χ2n) is 3.06. The van der Waals surface area contributed by atoms with Crippen LogP contribution in [0.2, 0.25) is 5.02 Å². The normalized spacial score (nSPS) is 11.2. The number of rotatable bonds is 3. The highest BCUT2D eigenvalue weighted by Crippen LogP contribution is 2.10. The second-order valence-corrected chi connectivity index (χ2v) is 3.50. The predicted molar refractivity (Wildman–Crippen MR) is 58.7 cm³/mol. The third-order valence-corrected chi connectivity index (χ3v) is 2.12. The molecule has 0 aromatic heterocycles. The van der Waals surface area contributed by atoms with Crippen LogP contribution < -0.4 is 5.73 Å². The summed E-state index contributed by atoms with van der Waals surface area (Å²) in [6.07, 6.45) is 1.21. The van der Waals surface area contributed by atoms with Gasteiger partial charge in [-0.25, -0.2) is 0 Å². The highest BCUT2D eigenvalue weighted by Gasteiger charge is 2.05. The smallest absolute Gasteiger partial charge is 0.244 e. The SMILES string of the molecule is C/C(=C\C(=O)c1ccc(Cl)cc1)C(N)=O. The molecule has 0 aliphatic carbocycles. The number of halogens is 1. The zero-order valence-electron chi connectivity index (χ0n) is 8.16. The molecule has 1 aromatic carbocycles. The van der Waals surface area contributed by atoms with E-state index < -0.39 is 5.91 Å². The fourth-order valence-electron chi connectivity index (χ4n) is 0.965. The van der Waals surface area contributed by atoms with Gasteiger partial charge in [0.05, 0.1) is 0 Å². The molecule has 4 heteroatoms. The molecule has 0 aliphatic rings. The van der Waals surface area contributed by atoms with E-state index in [1.54, 1.807) is 24.3 Å². The zero-order chi connectivity index (χ0) is 11.4. The van der Waals surface area contributed by atoms with Gasteiger partial charge in [-0.05, 0) is 37.3 Å². The Balaban J connectivity index is 2.91. The molecule has 78 valence electrons.